The standard InChI is InChI=1S/C12H23NO/c13-8-5-12(6-9-14-10-7-12)11-3-1-2-4-11/h11H,1-10,13H2. The Morgan fingerprint density at radius 2 is 1.79 bits per heavy atom. The van der Waals surface area contributed by atoms with Crippen LogP contribution >= 0.6 is 0 Å². The molecule has 0 amide bonds. The van der Waals surface area contributed by atoms with Gasteiger partial charge in [0.25, 0.3) is 0 Å². The molecule has 2 nitrogen and oxygen atoms in total. The van der Waals surface area contributed by atoms with E-state index in [0.717, 1.165) is 25.7 Å². The molecule has 2 heteroatoms. The Hall–Kier alpha value is -0.0800. The SMILES string of the molecule is NCCC1(C2CCCC2)CCOCC1. The van der Waals surface area contributed by atoms with Crippen LogP contribution in [0.4, 0.5) is 0 Å². The average molecular weight is 197 g/mol. The number of ether oxygens (including phenoxy) is 1. The predicted molar refractivity (Wildman–Crippen MR) is 58.1 cm³/mol. The molecule has 0 spiro atoms. The predicted octanol–water partition coefficient (Wildman–Crippen LogP) is 2.32. The van der Waals surface area contributed by atoms with Crippen LogP contribution < -0.4 is 5.73 Å². The molecule has 0 unspecified atom stereocenters. The molecule has 2 rings (SSSR count). The first-order valence-corrected chi connectivity index (χ1v) is 6.15. The second-order valence-corrected chi connectivity index (χ2v) is 4.99. The highest BCUT2D eigenvalue weighted by atomic mass is 16.5. The summed E-state index contributed by atoms with van der Waals surface area (Å²) in [5, 5.41) is 0. The molecule has 2 aliphatic rings. The van der Waals surface area contributed by atoms with Crippen molar-refractivity contribution in [2.75, 3.05) is 19.8 Å². The van der Waals surface area contributed by atoms with Crippen molar-refractivity contribution >= 4 is 0 Å². The fourth-order valence-electron chi connectivity index (χ4n) is 3.47. The van der Waals surface area contributed by atoms with Gasteiger partial charge in [0.15, 0.2) is 0 Å². The quantitative estimate of drug-likeness (QED) is 0.753. The van der Waals surface area contributed by atoms with Crippen molar-refractivity contribution in [1.29, 1.82) is 0 Å². The normalized spacial score (nSPS) is 28.1. The van der Waals surface area contributed by atoms with Crippen LogP contribution in [0.5, 0.6) is 0 Å². The molecule has 14 heavy (non-hydrogen) atoms. The molecule has 2 fully saturated rings. The second kappa shape index (κ2) is 4.63. The Balaban J connectivity index is 2.02. The van der Waals surface area contributed by atoms with Gasteiger partial charge < -0.3 is 10.5 Å². The number of hydrogen-bond acceptors (Lipinski definition) is 2. The maximum absolute atomic E-state index is 5.77. The third-order valence-corrected chi connectivity index (χ3v) is 4.35. The summed E-state index contributed by atoms with van der Waals surface area (Å²) in [7, 11) is 0. The maximum atomic E-state index is 5.77. The maximum Gasteiger partial charge on any atom is 0.0471 e. The van der Waals surface area contributed by atoms with Crippen molar-refractivity contribution in [1.82, 2.24) is 0 Å². The van der Waals surface area contributed by atoms with Gasteiger partial charge in [-0.05, 0) is 50.0 Å². The first-order valence-electron chi connectivity index (χ1n) is 6.15. The molecular weight excluding hydrogens is 174 g/mol. The van der Waals surface area contributed by atoms with Crippen LogP contribution in [-0.4, -0.2) is 19.8 Å². The minimum Gasteiger partial charge on any atom is -0.381 e. The second-order valence-electron chi connectivity index (χ2n) is 4.99. The molecule has 82 valence electrons. The van der Waals surface area contributed by atoms with Crippen molar-refractivity contribution in [3.63, 3.8) is 0 Å². The van der Waals surface area contributed by atoms with E-state index in [1.165, 1.54) is 44.9 Å². The van der Waals surface area contributed by atoms with Crippen molar-refractivity contribution in [2.24, 2.45) is 17.1 Å². The highest BCUT2D eigenvalue weighted by Gasteiger charge is 2.40. The zero-order valence-corrected chi connectivity index (χ0v) is 9.13. The van der Waals surface area contributed by atoms with Gasteiger partial charge in [0, 0.05) is 13.2 Å². The summed E-state index contributed by atoms with van der Waals surface area (Å²) in [4.78, 5) is 0. The van der Waals surface area contributed by atoms with E-state index in [9.17, 15) is 0 Å². The Kier molecular flexibility index (Phi) is 3.45. The van der Waals surface area contributed by atoms with Crippen molar-refractivity contribution < 1.29 is 4.74 Å². The lowest BCUT2D eigenvalue weighted by molar-refractivity contribution is -0.0211. The van der Waals surface area contributed by atoms with E-state index < -0.39 is 0 Å². The summed E-state index contributed by atoms with van der Waals surface area (Å²) in [6.07, 6.45) is 9.51. The number of rotatable bonds is 3. The topological polar surface area (TPSA) is 35.2 Å². The van der Waals surface area contributed by atoms with Crippen molar-refractivity contribution in [3.8, 4) is 0 Å². The molecular formula is C12H23NO. The first-order chi connectivity index (χ1) is 6.87. The minimum atomic E-state index is 0.559. The van der Waals surface area contributed by atoms with Gasteiger partial charge in [-0.25, -0.2) is 0 Å². The van der Waals surface area contributed by atoms with Gasteiger partial charge in [-0.1, -0.05) is 12.8 Å². The third kappa shape index (κ3) is 1.96. The van der Waals surface area contributed by atoms with E-state index in [1.54, 1.807) is 0 Å². The van der Waals surface area contributed by atoms with E-state index in [2.05, 4.69) is 0 Å². The molecule has 1 saturated carbocycles. The third-order valence-electron chi connectivity index (χ3n) is 4.35. The molecule has 0 aromatic rings. The van der Waals surface area contributed by atoms with Crippen LogP contribution in [0.3, 0.4) is 0 Å². The van der Waals surface area contributed by atoms with Crippen molar-refractivity contribution in [2.45, 2.75) is 44.9 Å². The summed E-state index contributed by atoms with van der Waals surface area (Å²) in [6.45, 7) is 2.80. The Labute approximate surface area is 87.2 Å². The molecule has 0 aromatic heterocycles. The fraction of sp³-hybridized carbons (Fsp3) is 1.00. The summed E-state index contributed by atoms with van der Waals surface area (Å²) >= 11 is 0. The zero-order chi connectivity index (χ0) is 9.86. The van der Waals surface area contributed by atoms with Crippen LogP contribution in [-0.2, 0) is 4.74 Å². The van der Waals surface area contributed by atoms with E-state index in [-0.39, 0.29) is 0 Å². The Morgan fingerprint density at radius 1 is 1.14 bits per heavy atom. The molecule has 1 heterocycles. The lowest BCUT2D eigenvalue weighted by Crippen LogP contribution is -2.37. The largest absolute Gasteiger partial charge is 0.381 e. The van der Waals surface area contributed by atoms with Gasteiger partial charge in [-0.3, -0.25) is 0 Å². The molecule has 1 aliphatic heterocycles. The van der Waals surface area contributed by atoms with Crippen molar-refractivity contribution in [3.05, 3.63) is 0 Å². The highest BCUT2D eigenvalue weighted by Crippen LogP contribution is 2.48. The van der Waals surface area contributed by atoms with Gasteiger partial charge in [-0.2, -0.15) is 0 Å². The summed E-state index contributed by atoms with van der Waals surface area (Å²) in [5.74, 6) is 0.954. The molecule has 1 saturated heterocycles. The van der Waals surface area contributed by atoms with Crippen LogP contribution in [0.1, 0.15) is 44.9 Å². The molecule has 0 atom stereocenters. The van der Waals surface area contributed by atoms with Gasteiger partial charge in [0.1, 0.15) is 0 Å². The molecule has 2 N–H and O–H groups in total. The fourth-order valence-corrected chi connectivity index (χ4v) is 3.47. The average Bonchev–Trinajstić information content (AvgIpc) is 2.73. The zero-order valence-electron chi connectivity index (χ0n) is 9.13. The van der Waals surface area contributed by atoms with Gasteiger partial charge in [0.2, 0.25) is 0 Å². The van der Waals surface area contributed by atoms with E-state index in [1.807, 2.05) is 0 Å². The van der Waals surface area contributed by atoms with Gasteiger partial charge >= 0.3 is 0 Å². The first kappa shape index (κ1) is 10.4. The Bertz CT molecular complexity index is 164. The molecule has 0 radical (unpaired) electrons. The lowest BCUT2D eigenvalue weighted by atomic mass is 9.67. The number of nitrogens with two attached hydrogens (primary N) is 1. The monoisotopic (exact) mass is 197 g/mol. The van der Waals surface area contributed by atoms with Crippen LogP contribution in [0.25, 0.3) is 0 Å². The van der Waals surface area contributed by atoms with Gasteiger partial charge in [-0.15, -0.1) is 0 Å². The molecule has 1 aliphatic carbocycles. The molecule has 0 aromatic carbocycles. The Morgan fingerprint density at radius 3 is 2.36 bits per heavy atom. The van der Waals surface area contributed by atoms with E-state index in [0.29, 0.717) is 5.41 Å². The number of hydrogen-bond donors (Lipinski definition) is 1. The summed E-state index contributed by atoms with van der Waals surface area (Å²) in [5.41, 5.74) is 6.33. The lowest BCUT2D eigenvalue weighted by Gasteiger charge is -2.42. The molecule has 0 bridgehead atoms. The van der Waals surface area contributed by atoms with E-state index >= 15 is 0 Å². The summed E-state index contributed by atoms with van der Waals surface area (Å²) in [6, 6.07) is 0. The highest BCUT2D eigenvalue weighted by molar-refractivity contribution is 4.90. The minimum absolute atomic E-state index is 0.559. The smallest absolute Gasteiger partial charge is 0.0471 e. The van der Waals surface area contributed by atoms with E-state index in [4.69, 9.17) is 10.5 Å². The van der Waals surface area contributed by atoms with Crippen LogP contribution in [0.15, 0.2) is 0 Å². The van der Waals surface area contributed by atoms with Crippen LogP contribution in [0, 0.1) is 11.3 Å². The summed E-state index contributed by atoms with van der Waals surface area (Å²) < 4.78 is 5.49. The van der Waals surface area contributed by atoms with Crippen LogP contribution in [0.2, 0.25) is 0 Å². The van der Waals surface area contributed by atoms with Gasteiger partial charge in [0.05, 0.1) is 0 Å².